The number of benzene rings is 1. The van der Waals surface area contributed by atoms with Gasteiger partial charge < -0.3 is 14.5 Å². The highest BCUT2D eigenvalue weighted by atomic mass is 32.2. The third-order valence-electron chi connectivity index (χ3n) is 8.07. The fraction of sp³-hybridized carbons (Fsp3) is 0.481. The molecule has 2 aromatic rings. The van der Waals surface area contributed by atoms with Crippen LogP contribution in [-0.2, 0) is 22.5 Å². The maximum absolute atomic E-state index is 13.2. The van der Waals surface area contributed by atoms with Crippen LogP contribution in [0.1, 0.15) is 38.4 Å². The van der Waals surface area contributed by atoms with Gasteiger partial charge >= 0.3 is 6.03 Å². The van der Waals surface area contributed by atoms with Crippen molar-refractivity contribution in [2.24, 2.45) is 0 Å². The Morgan fingerprint density at radius 1 is 0.854 bits per heavy atom. The molecule has 0 atom stereocenters. The van der Waals surface area contributed by atoms with E-state index < -0.39 is 23.8 Å². The van der Waals surface area contributed by atoms with Crippen LogP contribution in [0.2, 0.25) is 0 Å². The van der Waals surface area contributed by atoms with Gasteiger partial charge in [-0.1, -0.05) is 6.07 Å². The molecular weight excluding hydrogens is 548 g/mol. The van der Waals surface area contributed by atoms with Crippen LogP contribution >= 0.6 is 11.8 Å². The van der Waals surface area contributed by atoms with E-state index in [2.05, 4.69) is 20.0 Å². The van der Waals surface area contributed by atoms with Crippen molar-refractivity contribution in [2.45, 2.75) is 24.3 Å². The number of rotatable bonds is 5. The van der Waals surface area contributed by atoms with Crippen molar-refractivity contribution in [1.29, 1.82) is 0 Å². The first-order valence-electron chi connectivity index (χ1n) is 13.9. The van der Waals surface area contributed by atoms with Crippen LogP contribution in [0.25, 0.3) is 0 Å². The van der Waals surface area contributed by atoms with Crippen LogP contribution < -0.4 is 15.1 Å². The number of anilines is 2. The van der Waals surface area contributed by atoms with Gasteiger partial charge in [0.15, 0.2) is 0 Å². The van der Waals surface area contributed by atoms with E-state index in [1.54, 1.807) is 12.1 Å². The van der Waals surface area contributed by atoms with Gasteiger partial charge in [0, 0.05) is 64.4 Å². The summed E-state index contributed by atoms with van der Waals surface area (Å²) in [6.45, 7) is 6.90. The standard InChI is InChI=1S/C27H30N8O5S/c36-21-3-5-34(27(39)29-21)35-24(37)18-2-1-17(15-19(18)25(35)38)16-31-6-8-33(9-7-31)26-28-20-4-14-41-22(20)23(30-26)32-10-12-40-13-11-32/h1-2,15H,3-14,16H2,(H,29,36,39). The Bertz CT molecular complexity index is 1440. The number of aryl methyl sites for hydroxylation is 1. The quantitative estimate of drug-likeness (QED) is 0.504. The monoisotopic (exact) mass is 578 g/mol. The van der Waals surface area contributed by atoms with E-state index >= 15 is 0 Å². The second kappa shape index (κ2) is 10.6. The average Bonchev–Trinajstić information content (AvgIpc) is 3.56. The maximum atomic E-state index is 13.2. The van der Waals surface area contributed by atoms with E-state index in [1.807, 2.05) is 17.8 Å². The zero-order chi connectivity index (χ0) is 28.1. The lowest BCUT2D eigenvalue weighted by atomic mass is 10.1. The zero-order valence-corrected chi connectivity index (χ0v) is 23.3. The zero-order valence-electron chi connectivity index (χ0n) is 22.5. The minimum Gasteiger partial charge on any atom is -0.378 e. The molecule has 6 heterocycles. The molecule has 5 aliphatic heterocycles. The van der Waals surface area contributed by atoms with Crippen molar-refractivity contribution >= 4 is 47.3 Å². The summed E-state index contributed by atoms with van der Waals surface area (Å²) in [5.41, 5.74) is 2.59. The maximum Gasteiger partial charge on any atom is 0.343 e. The van der Waals surface area contributed by atoms with E-state index in [0.717, 1.165) is 84.5 Å². The largest absolute Gasteiger partial charge is 0.378 e. The van der Waals surface area contributed by atoms with Crippen LogP contribution in [0.3, 0.4) is 0 Å². The average molecular weight is 579 g/mol. The van der Waals surface area contributed by atoms with Crippen LogP contribution in [-0.4, -0.2) is 113 Å². The molecule has 0 bridgehead atoms. The van der Waals surface area contributed by atoms with Gasteiger partial charge in [-0.3, -0.25) is 24.6 Å². The van der Waals surface area contributed by atoms with Crippen LogP contribution in [0.4, 0.5) is 16.6 Å². The number of carbonyl (C=O) groups excluding carboxylic acids is 4. The Balaban J connectivity index is 1.02. The Labute approximate surface area is 240 Å². The number of thioether (sulfide) groups is 1. The van der Waals surface area contributed by atoms with Gasteiger partial charge in [-0.25, -0.2) is 14.8 Å². The molecule has 1 aromatic heterocycles. The summed E-state index contributed by atoms with van der Waals surface area (Å²) in [4.78, 5) is 68.0. The summed E-state index contributed by atoms with van der Waals surface area (Å²) < 4.78 is 5.55. The molecule has 41 heavy (non-hydrogen) atoms. The van der Waals surface area contributed by atoms with Crippen molar-refractivity contribution in [3.8, 4) is 0 Å². The number of urea groups is 1. The fourth-order valence-electron chi connectivity index (χ4n) is 5.87. The van der Waals surface area contributed by atoms with Gasteiger partial charge in [0.25, 0.3) is 11.8 Å². The van der Waals surface area contributed by atoms with E-state index in [9.17, 15) is 19.2 Å². The normalized spacial score (nSPS) is 21.5. The van der Waals surface area contributed by atoms with Gasteiger partial charge in [0.05, 0.1) is 41.5 Å². The topological polar surface area (TPSA) is 132 Å². The Hall–Kier alpha value is -3.75. The molecule has 5 amide bonds. The number of imide groups is 2. The lowest BCUT2D eigenvalue weighted by molar-refractivity contribution is -0.122. The molecule has 5 aliphatic rings. The van der Waals surface area contributed by atoms with Crippen molar-refractivity contribution in [2.75, 3.05) is 74.6 Å². The molecule has 0 unspecified atom stereocenters. The number of nitrogens with zero attached hydrogens (tertiary/aromatic N) is 7. The highest BCUT2D eigenvalue weighted by Gasteiger charge is 2.43. The molecule has 1 aromatic carbocycles. The summed E-state index contributed by atoms with van der Waals surface area (Å²) in [5.74, 6) is 1.33. The van der Waals surface area contributed by atoms with E-state index in [4.69, 9.17) is 14.7 Å². The van der Waals surface area contributed by atoms with E-state index in [1.165, 1.54) is 4.90 Å². The summed E-state index contributed by atoms with van der Waals surface area (Å²) in [5, 5.41) is 4.01. The summed E-state index contributed by atoms with van der Waals surface area (Å²) in [6, 6.07) is 4.48. The van der Waals surface area contributed by atoms with Crippen LogP contribution in [0.5, 0.6) is 0 Å². The molecule has 7 rings (SSSR count). The number of piperazine rings is 1. The number of carbonyl (C=O) groups is 4. The number of hydrogen-bond donors (Lipinski definition) is 1. The predicted octanol–water partition coefficient (Wildman–Crippen LogP) is 0.737. The second-order valence-corrected chi connectivity index (χ2v) is 11.7. The molecule has 0 radical (unpaired) electrons. The number of hydrazine groups is 1. The number of aromatic nitrogens is 2. The molecule has 14 heteroatoms. The highest BCUT2D eigenvalue weighted by molar-refractivity contribution is 7.99. The summed E-state index contributed by atoms with van der Waals surface area (Å²) >= 11 is 1.84. The van der Waals surface area contributed by atoms with E-state index in [-0.39, 0.29) is 24.1 Å². The number of morpholine rings is 1. The molecule has 3 fully saturated rings. The fourth-order valence-corrected chi connectivity index (χ4v) is 6.99. The van der Waals surface area contributed by atoms with Crippen molar-refractivity contribution in [3.05, 3.63) is 40.6 Å². The van der Waals surface area contributed by atoms with Gasteiger partial charge in [0.2, 0.25) is 11.9 Å². The molecule has 3 saturated heterocycles. The van der Waals surface area contributed by atoms with Crippen molar-refractivity contribution < 1.29 is 23.9 Å². The third kappa shape index (κ3) is 4.79. The smallest absolute Gasteiger partial charge is 0.343 e. The predicted molar refractivity (Wildman–Crippen MR) is 149 cm³/mol. The van der Waals surface area contributed by atoms with Gasteiger partial charge in [-0.15, -0.1) is 11.8 Å². The lowest BCUT2D eigenvalue weighted by Crippen LogP contribution is -2.58. The number of hydrogen-bond acceptors (Lipinski definition) is 11. The molecule has 0 aliphatic carbocycles. The van der Waals surface area contributed by atoms with E-state index in [0.29, 0.717) is 19.8 Å². The molecule has 0 spiro atoms. The van der Waals surface area contributed by atoms with Crippen LogP contribution in [0, 0.1) is 0 Å². The minimum atomic E-state index is -0.767. The molecule has 0 saturated carbocycles. The third-order valence-corrected chi connectivity index (χ3v) is 9.18. The second-order valence-electron chi connectivity index (χ2n) is 10.6. The van der Waals surface area contributed by atoms with Gasteiger partial charge in [-0.05, 0) is 17.7 Å². The lowest BCUT2D eigenvalue weighted by Gasteiger charge is -2.36. The highest BCUT2D eigenvalue weighted by Crippen LogP contribution is 2.39. The van der Waals surface area contributed by atoms with Crippen molar-refractivity contribution in [1.82, 2.24) is 30.2 Å². The van der Waals surface area contributed by atoms with Crippen LogP contribution in [0.15, 0.2) is 23.1 Å². The SMILES string of the molecule is O=C1CCN(N2C(=O)c3ccc(CN4CCN(c5nc6c(c(N7CCOCC7)n5)SCC6)CC4)cc3C2=O)C(=O)N1. The molecular formula is C27H30N8O5S. The first-order chi connectivity index (χ1) is 20.0. The molecule has 214 valence electrons. The number of fused-ring (bicyclic) bond motifs is 2. The minimum absolute atomic E-state index is 0.0199. The van der Waals surface area contributed by atoms with Gasteiger partial charge in [0.1, 0.15) is 5.82 Å². The van der Waals surface area contributed by atoms with Gasteiger partial charge in [-0.2, -0.15) is 9.99 Å². The Kier molecular flexibility index (Phi) is 6.75. The number of ether oxygens (including phenoxy) is 1. The molecule has 13 nitrogen and oxygen atoms in total. The first-order valence-corrected chi connectivity index (χ1v) is 14.9. The Morgan fingerprint density at radius 3 is 2.41 bits per heavy atom. The summed E-state index contributed by atoms with van der Waals surface area (Å²) in [6.07, 6.45) is 0.991. The Morgan fingerprint density at radius 2 is 1.63 bits per heavy atom. The first kappa shape index (κ1) is 26.2. The summed E-state index contributed by atoms with van der Waals surface area (Å²) in [7, 11) is 0. The number of amides is 5. The van der Waals surface area contributed by atoms with Crippen molar-refractivity contribution in [3.63, 3.8) is 0 Å². The number of nitrogens with one attached hydrogen (secondary N) is 1. The molecule has 1 N–H and O–H groups in total.